The fourth-order valence-corrected chi connectivity index (χ4v) is 2.59. The van der Waals surface area contributed by atoms with Gasteiger partial charge < -0.3 is 10.6 Å². The molecule has 0 unspecified atom stereocenters. The fourth-order valence-electron chi connectivity index (χ4n) is 2.39. The first-order valence-corrected chi connectivity index (χ1v) is 7.22. The van der Waals surface area contributed by atoms with Gasteiger partial charge in [-0.05, 0) is 31.0 Å². The van der Waals surface area contributed by atoms with E-state index in [1.165, 1.54) is 16.8 Å². The smallest absolute Gasteiger partial charge is 0.104 e. The summed E-state index contributed by atoms with van der Waals surface area (Å²) in [4.78, 5) is 2.80. The van der Waals surface area contributed by atoms with Gasteiger partial charge in [-0.2, -0.15) is 0 Å². The summed E-state index contributed by atoms with van der Waals surface area (Å²) >= 11 is 5.14. The summed E-state index contributed by atoms with van der Waals surface area (Å²) in [6.45, 7) is 6.05. The van der Waals surface area contributed by atoms with Gasteiger partial charge >= 0.3 is 0 Å². The van der Waals surface area contributed by atoms with Crippen LogP contribution in [-0.2, 0) is 6.54 Å². The highest BCUT2D eigenvalue weighted by atomic mass is 32.1. The van der Waals surface area contributed by atoms with Gasteiger partial charge in [0.25, 0.3) is 0 Å². The molecule has 0 aromatic heterocycles. The van der Waals surface area contributed by atoms with Crippen LogP contribution in [0.5, 0.6) is 0 Å². The Morgan fingerprint density at radius 2 is 1.75 bits per heavy atom. The fraction of sp³-hybridized carbons (Fsp3) is 0.235. The Hall–Kier alpha value is -1.87. The molecule has 0 aliphatic rings. The number of para-hydroxylation sites is 1. The van der Waals surface area contributed by atoms with Gasteiger partial charge in [0.05, 0.1) is 0 Å². The van der Waals surface area contributed by atoms with Crippen LogP contribution >= 0.6 is 12.2 Å². The highest BCUT2D eigenvalue weighted by Crippen LogP contribution is 2.22. The molecule has 2 aromatic rings. The number of anilines is 1. The van der Waals surface area contributed by atoms with E-state index < -0.39 is 0 Å². The summed E-state index contributed by atoms with van der Waals surface area (Å²) in [5.41, 5.74) is 10.5. The predicted octanol–water partition coefficient (Wildman–Crippen LogP) is 3.66. The second kappa shape index (κ2) is 6.53. The third-order valence-corrected chi connectivity index (χ3v) is 3.70. The molecule has 2 N–H and O–H groups in total. The summed E-state index contributed by atoms with van der Waals surface area (Å²) in [5, 5.41) is 0. The molecule has 0 bridgehead atoms. The van der Waals surface area contributed by atoms with Crippen molar-refractivity contribution >= 4 is 22.9 Å². The van der Waals surface area contributed by atoms with Crippen molar-refractivity contribution in [2.24, 2.45) is 5.73 Å². The first kappa shape index (κ1) is 14.5. The molecular weight excluding hydrogens is 264 g/mol. The number of rotatable bonds is 5. The largest absolute Gasteiger partial charge is 0.389 e. The number of nitrogens with two attached hydrogens (primary N) is 1. The number of hydrogen-bond acceptors (Lipinski definition) is 2. The molecule has 0 aliphatic carbocycles. The second-order valence-corrected chi connectivity index (χ2v) is 5.26. The Labute approximate surface area is 126 Å². The minimum absolute atomic E-state index is 0.460. The van der Waals surface area contributed by atoms with Gasteiger partial charge in [0.2, 0.25) is 0 Å². The van der Waals surface area contributed by atoms with Crippen LogP contribution in [0.1, 0.15) is 23.6 Å². The van der Waals surface area contributed by atoms with E-state index in [-0.39, 0.29) is 0 Å². The lowest BCUT2D eigenvalue weighted by molar-refractivity contribution is 0.827. The normalized spacial score (nSPS) is 10.3. The van der Waals surface area contributed by atoms with Crippen molar-refractivity contribution < 1.29 is 0 Å². The molecule has 0 fully saturated rings. The van der Waals surface area contributed by atoms with Crippen molar-refractivity contribution in [1.82, 2.24) is 0 Å². The second-order valence-electron chi connectivity index (χ2n) is 4.82. The highest BCUT2D eigenvalue weighted by molar-refractivity contribution is 7.80. The number of aryl methyl sites for hydroxylation is 1. The molecule has 20 heavy (non-hydrogen) atoms. The van der Waals surface area contributed by atoms with Crippen LogP contribution in [0.15, 0.2) is 48.5 Å². The molecule has 3 heteroatoms. The zero-order valence-corrected chi connectivity index (χ0v) is 12.8. The van der Waals surface area contributed by atoms with Gasteiger partial charge in [-0.1, -0.05) is 54.7 Å². The van der Waals surface area contributed by atoms with Crippen LogP contribution in [-0.4, -0.2) is 11.5 Å². The molecular formula is C17H20N2S. The lowest BCUT2D eigenvalue weighted by Crippen LogP contribution is -2.25. The first-order chi connectivity index (χ1) is 9.63. The van der Waals surface area contributed by atoms with Crippen molar-refractivity contribution in [1.29, 1.82) is 0 Å². The molecule has 0 spiro atoms. The molecule has 2 aromatic carbocycles. The summed E-state index contributed by atoms with van der Waals surface area (Å²) in [7, 11) is 0. The Bertz CT molecular complexity index is 607. The molecule has 104 valence electrons. The Kier molecular flexibility index (Phi) is 4.74. The Morgan fingerprint density at radius 1 is 1.10 bits per heavy atom. The van der Waals surface area contributed by atoms with Gasteiger partial charge in [0.15, 0.2) is 0 Å². The van der Waals surface area contributed by atoms with E-state index >= 15 is 0 Å². The summed E-state index contributed by atoms with van der Waals surface area (Å²) in [6, 6.07) is 16.5. The standard InChI is InChI=1S/C17H20N2S/c1-3-19(16-11-7-4-8-13(16)2)12-14-9-5-6-10-15(14)17(18)20/h4-11H,3,12H2,1-2H3,(H2,18,20). The van der Waals surface area contributed by atoms with E-state index in [1.807, 2.05) is 18.2 Å². The highest BCUT2D eigenvalue weighted by Gasteiger charge is 2.11. The molecule has 0 heterocycles. The van der Waals surface area contributed by atoms with Crippen molar-refractivity contribution in [3.63, 3.8) is 0 Å². The van der Waals surface area contributed by atoms with Gasteiger partial charge in [-0.3, -0.25) is 0 Å². The topological polar surface area (TPSA) is 29.3 Å². The molecule has 0 saturated heterocycles. The zero-order chi connectivity index (χ0) is 14.5. The SMILES string of the molecule is CCN(Cc1ccccc1C(N)=S)c1ccccc1C. The first-order valence-electron chi connectivity index (χ1n) is 6.81. The lowest BCUT2D eigenvalue weighted by Gasteiger charge is -2.26. The number of nitrogens with zero attached hydrogens (tertiary/aromatic N) is 1. The van der Waals surface area contributed by atoms with E-state index in [2.05, 4.69) is 49.1 Å². The molecule has 0 saturated carbocycles. The lowest BCUT2D eigenvalue weighted by atomic mass is 10.1. The Morgan fingerprint density at radius 3 is 2.40 bits per heavy atom. The average Bonchev–Trinajstić information content (AvgIpc) is 2.46. The monoisotopic (exact) mass is 284 g/mol. The minimum atomic E-state index is 0.460. The Balaban J connectivity index is 2.32. The van der Waals surface area contributed by atoms with Gasteiger partial charge in [0, 0.05) is 24.3 Å². The molecule has 0 aliphatic heterocycles. The quantitative estimate of drug-likeness (QED) is 0.850. The van der Waals surface area contributed by atoms with Crippen LogP contribution in [0.3, 0.4) is 0 Å². The number of thiocarbonyl (C=S) groups is 1. The molecule has 0 atom stereocenters. The maximum Gasteiger partial charge on any atom is 0.104 e. The summed E-state index contributed by atoms with van der Waals surface area (Å²) < 4.78 is 0. The van der Waals surface area contributed by atoms with E-state index in [0.29, 0.717) is 4.99 Å². The number of hydrogen-bond donors (Lipinski definition) is 1. The predicted molar refractivity (Wildman–Crippen MR) is 90.2 cm³/mol. The number of benzene rings is 2. The van der Waals surface area contributed by atoms with Gasteiger partial charge in [-0.15, -0.1) is 0 Å². The van der Waals surface area contributed by atoms with Crippen LogP contribution in [0.4, 0.5) is 5.69 Å². The van der Waals surface area contributed by atoms with Crippen molar-refractivity contribution in [3.8, 4) is 0 Å². The van der Waals surface area contributed by atoms with Gasteiger partial charge in [-0.25, -0.2) is 0 Å². The van der Waals surface area contributed by atoms with Crippen LogP contribution < -0.4 is 10.6 Å². The van der Waals surface area contributed by atoms with Crippen LogP contribution in [0.2, 0.25) is 0 Å². The van der Waals surface area contributed by atoms with E-state index in [4.69, 9.17) is 18.0 Å². The molecule has 2 nitrogen and oxygen atoms in total. The maximum absolute atomic E-state index is 5.81. The van der Waals surface area contributed by atoms with E-state index in [1.54, 1.807) is 0 Å². The van der Waals surface area contributed by atoms with Crippen molar-refractivity contribution in [3.05, 3.63) is 65.2 Å². The molecule has 2 rings (SSSR count). The summed E-state index contributed by atoms with van der Waals surface area (Å²) in [5.74, 6) is 0. The third-order valence-electron chi connectivity index (χ3n) is 3.48. The van der Waals surface area contributed by atoms with Gasteiger partial charge in [0.1, 0.15) is 4.99 Å². The third kappa shape index (κ3) is 3.17. The van der Waals surface area contributed by atoms with E-state index in [0.717, 1.165) is 18.7 Å². The minimum Gasteiger partial charge on any atom is -0.389 e. The van der Waals surface area contributed by atoms with Crippen molar-refractivity contribution in [2.75, 3.05) is 11.4 Å². The maximum atomic E-state index is 5.81. The van der Waals surface area contributed by atoms with Crippen LogP contribution in [0.25, 0.3) is 0 Å². The summed E-state index contributed by atoms with van der Waals surface area (Å²) in [6.07, 6.45) is 0. The molecule has 0 radical (unpaired) electrons. The molecule has 0 amide bonds. The van der Waals surface area contributed by atoms with Crippen molar-refractivity contribution in [2.45, 2.75) is 20.4 Å². The van der Waals surface area contributed by atoms with Crippen LogP contribution in [0, 0.1) is 6.92 Å². The average molecular weight is 284 g/mol. The zero-order valence-electron chi connectivity index (χ0n) is 12.0. The van der Waals surface area contributed by atoms with E-state index in [9.17, 15) is 0 Å².